The monoisotopic (exact) mass is 488 g/mol. The Balaban J connectivity index is 1.45. The summed E-state index contributed by atoms with van der Waals surface area (Å²) in [5.74, 6) is -0.395. The number of aromatic hydroxyl groups is 1. The molecule has 3 N–H and O–H groups in total. The molecule has 33 heavy (non-hydrogen) atoms. The van der Waals surface area contributed by atoms with Crippen molar-refractivity contribution in [2.24, 2.45) is 5.92 Å². The van der Waals surface area contributed by atoms with Crippen LogP contribution in [0.4, 0.5) is 16.5 Å². The van der Waals surface area contributed by atoms with Gasteiger partial charge in [0, 0.05) is 22.2 Å². The number of benzene rings is 2. The number of anilines is 2. The third-order valence-corrected chi connectivity index (χ3v) is 7.67. The minimum Gasteiger partial charge on any atom is -0.502 e. The molecule has 1 aromatic heterocycles. The molecule has 1 atom stereocenters. The second-order valence-corrected chi connectivity index (χ2v) is 10.5. The van der Waals surface area contributed by atoms with Crippen molar-refractivity contribution in [2.75, 3.05) is 10.0 Å². The number of phenols is 1. The van der Waals surface area contributed by atoms with Gasteiger partial charge in [0.25, 0.3) is 15.9 Å². The van der Waals surface area contributed by atoms with Crippen molar-refractivity contribution in [1.82, 2.24) is 4.98 Å². The summed E-state index contributed by atoms with van der Waals surface area (Å²) in [7, 11) is -4.15. The maximum absolute atomic E-state index is 12.6. The normalized spacial score (nSPS) is 15.5. The Bertz CT molecular complexity index is 1340. The molecule has 12 heteroatoms. The van der Waals surface area contributed by atoms with E-state index in [1.165, 1.54) is 40.5 Å². The van der Waals surface area contributed by atoms with Crippen molar-refractivity contribution >= 4 is 43.8 Å². The molecular weight excluding hydrogens is 468 g/mol. The standard InChI is InChI=1S/C21H20N4O6S2/c1-12-2-8-16-19(10-12)32-21(22-16)23-20(27)13-3-5-14(6-4-13)24-33(30,31)15-7-9-18(26)17(11-15)25(28)29/h3-7,9,11-12,24,26H,2,8,10H2,1H3,(H,22,23,27). The number of nitrogens with zero attached hydrogens (tertiary/aromatic N) is 2. The number of sulfonamides is 1. The first-order valence-electron chi connectivity index (χ1n) is 10.0. The number of hydrogen-bond acceptors (Lipinski definition) is 8. The van der Waals surface area contributed by atoms with E-state index >= 15 is 0 Å². The van der Waals surface area contributed by atoms with Gasteiger partial charge in [0.15, 0.2) is 10.9 Å². The average molecular weight is 489 g/mol. The number of phenolic OH excluding ortho intramolecular Hbond substituents is 1. The maximum atomic E-state index is 12.6. The number of aromatic nitrogens is 1. The van der Waals surface area contributed by atoms with E-state index in [4.69, 9.17) is 0 Å². The van der Waals surface area contributed by atoms with E-state index < -0.39 is 26.4 Å². The molecule has 0 saturated carbocycles. The molecule has 1 aliphatic rings. The van der Waals surface area contributed by atoms with E-state index in [1.54, 1.807) is 0 Å². The van der Waals surface area contributed by atoms with Crippen molar-refractivity contribution in [1.29, 1.82) is 0 Å². The molecule has 1 amide bonds. The van der Waals surface area contributed by atoms with Crippen LogP contribution in [0, 0.1) is 16.0 Å². The van der Waals surface area contributed by atoms with Crippen LogP contribution in [0.2, 0.25) is 0 Å². The van der Waals surface area contributed by atoms with Crippen LogP contribution in [0.3, 0.4) is 0 Å². The number of nitrogens with one attached hydrogen (secondary N) is 2. The molecule has 2 aromatic carbocycles. The van der Waals surface area contributed by atoms with Crippen molar-refractivity contribution in [3.05, 3.63) is 68.7 Å². The van der Waals surface area contributed by atoms with Gasteiger partial charge in [-0.05, 0) is 61.6 Å². The summed E-state index contributed by atoms with van der Waals surface area (Å²) in [5, 5.41) is 23.8. The molecule has 0 saturated heterocycles. The van der Waals surface area contributed by atoms with Gasteiger partial charge >= 0.3 is 5.69 Å². The van der Waals surface area contributed by atoms with Crippen LogP contribution in [0.15, 0.2) is 47.4 Å². The molecule has 0 bridgehead atoms. The van der Waals surface area contributed by atoms with Gasteiger partial charge in [0.05, 0.1) is 15.5 Å². The van der Waals surface area contributed by atoms with Crippen LogP contribution < -0.4 is 10.0 Å². The molecule has 1 aliphatic carbocycles. The quantitative estimate of drug-likeness (QED) is 0.351. The highest BCUT2D eigenvalue weighted by Crippen LogP contribution is 2.32. The van der Waals surface area contributed by atoms with Gasteiger partial charge in [0.2, 0.25) is 0 Å². The summed E-state index contributed by atoms with van der Waals surface area (Å²) in [6, 6.07) is 8.52. The van der Waals surface area contributed by atoms with Crippen LogP contribution in [0.5, 0.6) is 5.75 Å². The highest BCUT2D eigenvalue weighted by molar-refractivity contribution is 7.92. The van der Waals surface area contributed by atoms with Crippen LogP contribution in [0.1, 0.15) is 34.3 Å². The first-order chi connectivity index (χ1) is 15.6. The number of nitro groups is 1. The lowest BCUT2D eigenvalue weighted by molar-refractivity contribution is -0.386. The number of carbonyl (C=O) groups excluding carboxylic acids is 1. The minimum absolute atomic E-state index is 0.168. The van der Waals surface area contributed by atoms with Gasteiger partial charge in [-0.15, -0.1) is 11.3 Å². The van der Waals surface area contributed by atoms with Crippen molar-refractivity contribution in [3.8, 4) is 5.75 Å². The Morgan fingerprint density at radius 2 is 1.97 bits per heavy atom. The van der Waals surface area contributed by atoms with Crippen LogP contribution in [-0.4, -0.2) is 29.3 Å². The predicted octanol–water partition coefficient (Wildman–Crippen LogP) is 3.93. The summed E-state index contributed by atoms with van der Waals surface area (Å²) >= 11 is 1.47. The Morgan fingerprint density at radius 1 is 1.24 bits per heavy atom. The first-order valence-corrected chi connectivity index (χ1v) is 12.3. The molecule has 1 unspecified atom stereocenters. The zero-order valence-corrected chi connectivity index (χ0v) is 19.1. The number of aryl methyl sites for hydroxylation is 1. The van der Waals surface area contributed by atoms with Gasteiger partial charge in [-0.3, -0.25) is 24.9 Å². The van der Waals surface area contributed by atoms with E-state index in [9.17, 15) is 28.4 Å². The molecule has 0 spiro atoms. The van der Waals surface area contributed by atoms with E-state index in [0.29, 0.717) is 16.6 Å². The third-order valence-electron chi connectivity index (χ3n) is 5.26. The summed E-state index contributed by atoms with van der Waals surface area (Å²) in [5.41, 5.74) is 0.802. The van der Waals surface area contributed by atoms with E-state index in [1.807, 2.05) is 0 Å². The van der Waals surface area contributed by atoms with Gasteiger partial charge < -0.3 is 5.11 Å². The van der Waals surface area contributed by atoms with Gasteiger partial charge in [-0.2, -0.15) is 0 Å². The average Bonchev–Trinajstić information content (AvgIpc) is 3.15. The molecule has 3 aromatic rings. The minimum atomic E-state index is -4.15. The number of fused-ring (bicyclic) bond motifs is 1. The summed E-state index contributed by atoms with van der Waals surface area (Å²) < 4.78 is 27.4. The van der Waals surface area contributed by atoms with Crippen molar-refractivity contribution in [2.45, 2.75) is 31.1 Å². The number of amides is 1. The lowest BCUT2D eigenvalue weighted by Gasteiger charge is -2.15. The van der Waals surface area contributed by atoms with Gasteiger partial charge in [-0.25, -0.2) is 13.4 Å². The second-order valence-electron chi connectivity index (χ2n) is 7.78. The second kappa shape index (κ2) is 8.79. The number of nitro benzene ring substituents is 1. The fourth-order valence-corrected chi connectivity index (χ4v) is 5.73. The van der Waals surface area contributed by atoms with Crippen LogP contribution in [0.25, 0.3) is 0 Å². The Kier molecular flexibility index (Phi) is 6.04. The summed E-state index contributed by atoms with van der Waals surface area (Å²) in [6.45, 7) is 2.19. The molecule has 0 fully saturated rings. The Labute approximate surface area is 193 Å². The highest BCUT2D eigenvalue weighted by Gasteiger charge is 2.22. The Morgan fingerprint density at radius 3 is 2.67 bits per heavy atom. The molecule has 1 heterocycles. The van der Waals surface area contributed by atoms with Gasteiger partial charge in [0.1, 0.15) is 0 Å². The summed E-state index contributed by atoms with van der Waals surface area (Å²) in [6.07, 6.45) is 2.95. The van der Waals surface area contributed by atoms with Crippen LogP contribution in [-0.2, 0) is 22.9 Å². The predicted molar refractivity (Wildman–Crippen MR) is 123 cm³/mol. The van der Waals surface area contributed by atoms with E-state index in [0.717, 1.165) is 43.2 Å². The van der Waals surface area contributed by atoms with Crippen LogP contribution >= 0.6 is 11.3 Å². The van der Waals surface area contributed by atoms with Gasteiger partial charge in [-0.1, -0.05) is 6.92 Å². The van der Waals surface area contributed by atoms with E-state index in [-0.39, 0.29) is 16.5 Å². The molecule has 4 rings (SSSR count). The number of thiazole rings is 1. The molecule has 0 aliphatic heterocycles. The lowest BCUT2D eigenvalue weighted by atomic mass is 9.93. The molecular formula is C21H20N4O6S2. The third kappa shape index (κ3) is 4.96. The SMILES string of the molecule is CC1CCc2nc(NC(=O)c3ccc(NS(=O)(=O)c4ccc(O)c([N+](=O)[O-])c4)cc3)sc2C1. The fraction of sp³-hybridized carbons (Fsp3) is 0.238. The lowest BCUT2D eigenvalue weighted by Crippen LogP contribution is -2.14. The van der Waals surface area contributed by atoms with E-state index in [2.05, 4.69) is 21.9 Å². The topological polar surface area (TPSA) is 152 Å². The van der Waals surface area contributed by atoms with Crippen molar-refractivity contribution in [3.63, 3.8) is 0 Å². The number of rotatable bonds is 6. The highest BCUT2D eigenvalue weighted by atomic mass is 32.2. The zero-order chi connectivity index (χ0) is 23.8. The number of hydrogen-bond donors (Lipinski definition) is 3. The zero-order valence-electron chi connectivity index (χ0n) is 17.4. The first kappa shape index (κ1) is 22.7. The molecule has 172 valence electrons. The maximum Gasteiger partial charge on any atom is 0.312 e. The fourth-order valence-electron chi connectivity index (χ4n) is 3.48. The molecule has 0 radical (unpaired) electrons. The number of carbonyl (C=O) groups is 1. The summed E-state index contributed by atoms with van der Waals surface area (Å²) in [4.78, 5) is 28.0. The largest absolute Gasteiger partial charge is 0.502 e. The molecule has 10 nitrogen and oxygen atoms in total. The Hall–Kier alpha value is -3.51. The smallest absolute Gasteiger partial charge is 0.312 e. The van der Waals surface area contributed by atoms with Crippen molar-refractivity contribution < 1.29 is 23.2 Å².